The van der Waals surface area contributed by atoms with Crippen LogP contribution >= 0.6 is 24.0 Å². The van der Waals surface area contributed by atoms with Gasteiger partial charge in [-0.15, -0.1) is 24.0 Å². The molecule has 7 nitrogen and oxygen atoms in total. The third-order valence-electron chi connectivity index (χ3n) is 3.37. The second-order valence-electron chi connectivity index (χ2n) is 5.40. The Kier molecular flexibility index (Phi) is 8.79. The van der Waals surface area contributed by atoms with E-state index in [2.05, 4.69) is 25.6 Å². The number of ether oxygens (including phenoxy) is 1. The fourth-order valence-electron chi connectivity index (χ4n) is 2.01. The van der Waals surface area contributed by atoms with Crippen LogP contribution in [0.5, 0.6) is 5.88 Å². The van der Waals surface area contributed by atoms with E-state index in [9.17, 15) is 13.2 Å². The van der Waals surface area contributed by atoms with Crippen LogP contribution in [0.15, 0.2) is 27.7 Å². The lowest BCUT2D eigenvalue weighted by atomic mass is 10.2. The number of hydrogen-bond acceptors (Lipinski definition) is 5. The van der Waals surface area contributed by atoms with Crippen LogP contribution in [0.1, 0.15) is 22.9 Å². The highest BCUT2D eigenvalue weighted by atomic mass is 127. The highest BCUT2D eigenvalue weighted by Gasteiger charge is 2.29. The molecule has 2 aromatic rings. The number of nitrogens with one attached hydrogen (secondary N) is 2. The lowest BCUT2D eigenvalue weighted by Crippen LogP contribution is -2.36. The largest absolute Gasteiger partial charge is 0.468 e. The Morgan fingerprint density at radius 3 is 2.56 bits per heavy atom. The molecule has 0 bridgehead atoms. The topological polar surface area (TPSA) is 84.6 Å². The number of pyridine rings is 1. The maximum Gasteiger partial charge on any atom is 0.422 e. The number of aliphatic imine (C=N–C) groups is 1. The minimum atomic E-state index is -4.42. The Bertz CT molecular complexity index is 745. The molecule has 2 aromatic heterocycles. The molecule has 2 N–H and O–H groups in total. The van der Waals surface area contributed by atoms with E-state index in [0.29, 0.717) is 24.0 Å². The third-order valence-corrected chi connectivity index (χ3v) is 3.37. The summed E-state index contributed by atoms with van der Waals surface area (Å²) >= 11 is 0. The average molecular weight is 499 g/mol. The average Bonchev–Trinajstić information content (AvgIpc) is 2.91. The lowest BCUT2D eigenvalue weighted by molar-refractivity contribution is -0.154. The van der Waals surface area contributed by atoms with Crippen LogP contribution in [0.3, 0.4) is 0 Å². The normalized spacial score (nSPS) is 11.7. The van der Waals surface area contributed by atoms with Crippen LogP contribution in [-0.2, 0) is 13.1 Å². The molecule has 0 aliphatic rings. The zero-order valence-corrected chi connectivity index (χ0v) is 17.4. The molecule has 0 saturated heterocycles. The number of halogens is 4. The van der Waals surface area contributed by atoms with Crippen molar-refractivity contribution in [2.75, 3.05) is 13.7 Å². The van der Waals surface area contributed by atoms with E-state index in [4.69, 9.17) is 9.15 Å². The monoisotopic (exact) mass is 499 g/mol. The number of aromatic nitrogens is 2. The highest BCUT2D eigenvalue weighted by molar-refractivity contribution is 14.0. The summed E-state index contributed by atoms with van der Waals surface area (Å²) in [6, 6.07) is 3.24. The molecule has 0 atom stereocenters. The van der Waals surface area contributed by atoms with Gasteiger partial charge in [-0.3, -0.25) is 4.99 Å². The third kappa shape index (κ3) is 7.61. The summed E-state index contributed by atoms with van der Waals surface area (Å²) < 4.78 is 47.2. The summed E-state index contributed by atoms with van der Waals surface area (Å²) in [5, 5.41) is 6.00. The molecule has 0 spiro atoms. The van der Waals surface area contributed by atoms with Gasteiger partial charge in [-0.1, -0.05) is 6.07 Å². The minimum absolute atomic E-state index is 0. The summed E-state index contributed by atoms with van der Waals surface area (Å²) in [7, 11) is 1.58. The Morgan fingerprint density at radius 2 is 1.96 bits per heavy atom. The Morgan fingerprint density at radius 1 is 1.26 bits per heavy atom. The van der Waals surface area contributed by atoms with Crippen molar-refractivity contribution in [1.29, 1.82) is 0 Å². The van der Waals surface area contributed by atoms with E-state index >= 15 is 0 Å². The number of aryl methyl sites for hydroxylation is 2. The van der Waals surface area contributed by atoms with Crippen molar-refractivity contribution in [2.45, 2.75) is 33.1 Å². The van der Waals surface area contributed by atoms with Gasteiger partial charge in [-0.25, -0.2) is 9.97 Å². The molecule has 0 unspecified atom stereocenters. The van der Waals surface area contributed by atoms with Crippen molar-refractivity contribution < 1.29 is 22.3 Å². The molecule has 0 fully saturated rings. The molecule has 11 heteroatoms. The van der Waals surface area contributed by atoms with Crippen LogP contribution in [0.2, 0.25) is 0 Å². The van der Waals surface area contributed by atoms with Crippen LogP contribution in [0, 0.1) is 13.8 Å². The zero-order valence-electron chi connectivity index (χ0n) is 15.1. The maximum absolute atomic E-state index is 12.3. The van der Waals surface area contributed by atoms with E-state index in [1.807, 2.05) is 13.8 Å². The smallest absolute Gasteiger partial charge is 0.422 e. The Hall–Kier alpha value is -2.05. The van der Waals surface area contributed by atoms with Crippen LogP contribution < -0.4 is 15.4 Å². The second kappa shape index (κ2) is 10.3. The maximum atomic E-state index is 12.3. The first-order valence-corrected chi connectivity index (χ1v) is 7.79. The van der Waals surface area contributed by atoms with Gasteiger partial charge in [0.05, 0.1) is 12.2 Å². The van der Waals surface area contributed by atoms with Gasteiger partial charge in [0.25, 0.3) is 0 Å². The summed E-state index contributed by atoms with van der Waals surface area (Å²) in [4.78, 5) is 12.1. The summed E-state index contributed by atoms with van der Waals surface area (Å²) in [6.07, 6.45) is -3.05. The van der Waals surface area contributed by atoms with Crippen molar-refractivity contribution in [3.8, 4) is 5.88 Å². The lowest BCUT2D eigenvalue weighted by Gasteiger charge is -2.14. The molecule has 0 aliphatic heterocycles. The molecule has 0 amide bonds. The van der Waals surface area contributed by atoms with Gasteiger partial charge in [0, 0.05) is 25.4 Å². The predicted octanol–water partition coefficient (Wildman–Crippen LogP) is 3.11. The highest BCUT2D eigenvalue weighted by Crippen LogP contribution is 2.19. The SMILES string of the molecule is CN=C(NCc1nc(C)c(C)o1)NCc1cccnc1OCC(F)(F)F.I. The molecule has 0 aliphatic carbocycles. The van der Waals surface area contributed by atoms with Crippen molar-refractivity contribution in [1.82, 2.24) is 20.6 Å². The molecule has 2 rings (SSSR count). The van der Waals surface area contributed by atoms with Gasteiger partial charge < -0.3 is 19.8 Å². The summed E-state index contributed by atoms with van der Waals surface area (Å²) in [5.41, 5.74) is 1.29. The quantitative estimate of drug-likeness (QED) is 0.361. The van der Waals surface area contributed by atoms with Crippen molar-refractivity contribution in [3.05, 3.63) is 41.2 Å². The first-order chi connectivity index (χ1) is 12.3. The van der Waals surface area contributed by atoms with Crippen molar-refractivity contribution in [3.63, 3.8) is 0 Å². The first-order valence-electron chi connectivity index (χ1n) is 7.79. The molecule has 0 radical (unpaired) electrons. The van der Waals surface area contributed by atoms with E-state index in [-0.39, 0.29) is 36.4 Å². The van der Waals surface area contributed by atoms with Crippen LogP contribution in [0.25, 0.3) is 0 Å². The number of rotatable bonds is 6. The standard InChI is InChI=1S/C16H20F3N5O2.HI/c1-10-11(2)26-13(24-10)8-23-15(20-3)22-7-12-5-4-6-21-14(12)25-9-16(17,18)19;/h4-6H,7-9H2,1-3H3,(H2,20,22,23);1H. The first kappa shape index (κ1) is 23.0. The number of nitrogens with zero attached hydrogens (tertiary/aromatic N) is 3. The van der Waals surface area contributed by atoms with E-state index in [0.717, 1.165) is 11.5 Å². The van der Waals surface area contributed by atoms with E-state index < -0.39 is 12.8 Å². The van der Waals surface area contributed by atoms with E-state index in [1.54, 1.807) is 19.2 Å². The van der Waals surface area contributed by atoms with Gasteiger partial charge in [-0.2, -0.15) is 13.2 Å². The molecule has 0 saturated carbocycles. The fraction of sp³-hybridized carbons (Fsp3) is 0.438. The molecule has 0 aromatic carbocycles. The summed E-state index contributed by atoms with van der Waals surface area (Å²) in [5.74, 6) is 1.61. The van der Waals surface area contributed by atoms with Gasteiger partial charge >= 0.3 is 6.18 Å². The predicted molar refractivity (Wildman–Crippen MR) is 104 cm³/mol. The minimum Gasteiger partial charge on any atom is -0.468 e. The summed E-state index contributed by atoms with van der Waals surface area (Å²) in [6.45, 7) is 2.78. The van der Waals surface area contributed by atoms with Gasteiger partial charge in [0.2, 0.25) is 11.8 Å². The fourth-order valence-corrected chi connectivity index (χ4v) is 2.01. The van der Waals surface area contributed by atoms with Gasteiger partial charge in [0.1, 0.15) is 5.76 Å². The van der Waals surface area contributed by atoms with Crippen LogP contribution in [0.4, 0.5) is 13.2 Å². The molecular weight excluding hydrogens is 478 g/mol. The van der Waals surface area contributed by atoms with Gasteiger partial charge in [0.15, 0.2) is 12.6 Å². The zero-order chi connectivity index (χ0) is 19.2. The Balaban J connectivity index is 0.00000364. The Labute approximate surface area is 171 Å². The number of hydrogen-bond donors (Lipinski definition) is 2. The molecular formula is C16H21F3IN5O2. The molecule has 2 heterocycles. The van der Waals surface area contributed by atoms with Crippen LogP contribution in [-0.4, -0.2) is 35.8 Å². The van der Waals surface area contributed by atoms with Crippen molar-refractivity contribution >= 4 is 29.9 Å². The van der Waals surface area contributed by atoms with E-state index in [1.165, 1.54) is 6.20 Å². The van der Waals surface area contributed by atoms with Crippen molar-refractivity contribution in [2.24, 2.45) is 4.99 Å². The number of alkyl halides is 3. The molecule has 27 heavy (non-hydrogen) atoms. The number of oxazole rings is 1. The number of guanidine groups is 1. The van der Waals surface area contributed by atoms with Gasteiger partial charge in [-0.05, 0) is 19.9 Å². The molecule has 150 valence electrons. The second-order valence-corrected chi connectivity index (χ2v) is 5.40.